The lowest BCUT2D eigenvalue weighted by Crippen LogP contribution is -2.42. The first kappa shape index (κ1) is 17.2. The molecule has 1 heterocycles. The number of carbonyl (C=O) groups excluding carboxylic acids is 2. The van der Waals surface area contributed by atoms with E-state index in [4.69, 9.17) is 0 Å². The van der Waals surface area contributed by atoms with Crippen LogP contribution in [0.25, 0.3) is 0 Å². The average molecular weight is 336 g/mol. The Bertz CT molecular complexity index is 735. The van der Waals surface area contributed by atoms with E-state index in [2.05, 4.69) is 5.32 Å². The second-order valence-electron chi connectivity index (χ2n) is 6.62. The van der Waals surface area contributed by atoms with Crippen molar-refractivity contribution in [3.05, 3.63) is 65.7 Å². The van der Waals surface area contributed by atoms with E-state index in [1.54, 1.807) is 0 Å². The van der Waals surface area contributed by atoms with Crippen molar-refractivity contribution in [1.82, 2.24) is 4.90 Å². The predicted molar refractivity (Wildman–Crippen MR) is 99.3 cm³/mol. The number of anilines is 1. The molecule has 0 aromatic heterocycles. The van der Waals surface area contributed by atoms with Crippen LogP contribution in [-0.2, 0) is 16.0 Å². The van der Waals surface area contributed by atoms with Crippen LogP contribution in [0.15, 0.2) is 54.6 Å². The maximum Gasteiger partial charge on any atom is 0.227 e. The summed E-state index contributed by atoms with van der Waals surface area (Å²) in [6.45, 7) is 3.29. The van der Waals surface area contributed by atoms with Crippen molar-refractivity contribution in [2.45, 2.75) is 26.2 Å². The lowest BCUT2D eigenvalue weighted by atomic mass is 9.95. The summed E-state index contributed by atoms with van der Waals surface area (Å²) >= 11 is 0. The van der Waals surface area contributed by atoms with E-state index in [0.29, 0.717) is 19.5 Å². The highest BCUT2D eigenvalue weighted by Gasteiger charge is 2.27. The standard InChI is InChI=1S/C21H24N2O2/c1-16-7-5-6-10-19(16)22-21(25)18-11-13-23(14-12-18)20(24)15-17-8-3-2-4-9-17/h2-10,18H,11-15H2,1H3,(H,22,25). The van der Waals surface area contributed by atoms with Gasteiger partial charge in [-0.3, -0.25) is 9.59 Å². The fourth-order valence-corrected chi connectivity index (χ4v) is 3.22. The Morgan fingerprint density at radius 3 is 2.32 bits per heavy atom. The van der Waals surface area contributed by atoms with Crippen LogP contribution in [0.4, 0.5) is 5.69 Å². The quantitative estimate of drug-likeness (QED) is 0.930. The maximum absolute atomic E-state index is 12.5. The third kappa shape index (κ3) is 4.47. The van der Waals surface area contributed by atoms with Crippen molar-refractivity contribution in [2.24, 2.45) is 5.92 Å². The highest BCUT2D eigenvalue weighted by Crippen LogP contribution is 2.21. The summed E-state index contributed by atoms with van der Waals surface area (Å²) < 4.78 is 0. The van der Waals surface area contributed by atoms with Crippen LogP contribution in [0.1, 0.15) is 24.0 Å². The van der Waals surface area contributed by atoms with Gasteiger partial charge in [-0.2, -0.15) is 0 Å². The second-order valence-corrected chi connectivity index (χ2v) is 6.62. The van der Waals surface area contributed by atoms with E-state index in [-0.39, 0.29) is 17.7 Å². The Hall–Kier alpha value is -2.62. The van der Waals surface area contributed by atoms with Gasteiger partial charge in [0.1, 0.15) is 0 Å². The fourth-order valence-electron chi connectivity index (χ4n) is 3.22. The molecule has 1 aliphatic rings. The minimum absolute atomic E-state index is 0.0274. The third-order valence-electron chi connectivity index (χ3n) is 4.82. The third-order valence-corrected chi connectivity index (χ3v) is 4.82. The van der Waals surface area contributed by atoms with Gasteiger partial charge < -0.3 is 10.2 Å². The molecule has 25 heavy (non-hydrogen) atoms. The summed E-state index contributed by atoms with van der Waals surface area (Å²) in [5, 5.41) is 3.02. The average Bonchev–Trinajstić information content (AvgIpc) is 2.64. The SMILES string of the molecule is Cc1ccccc1NC(=O)C1CCN(C(=O)Cc2ccccc2)CC1. The molecular formula is C21H24N2O2. The fraction of sp³-hybridized carbons (Fsp3) is 0.333. The molecule has 0 aliphatic carbocycles. The smallest absolute Gasteiger partial charge is 0.227 e. The maximum atomic E-state index is 12.5. The Morgan fingerprint density at radius 2 is 1.64 bits per heavy atom. The van der Waals surface area contributed by atoms with Crippen LogP contribution in [0, 0.1) is 12.8 Å². The van der Waals surface area contributed by atoms with E-state index in [0.717, 1.165) is 29.7 Å². The molecule has 1 aliphatic heterocycles. The summed E-state index contributed by atoms with van der Waals surface area (Å²) in [7, 11) is 0. The zero-order chi connectivity index (χ0) is 17.6. The molecule has 0 radical (unpaired) electrons. The van der Waals surface area contributed by atoms with Crippen LogP contribution >= 0.6 is 0 Å². The van der Waals surface area contributed by atoms with Gasteiger partial charge in [-0.1, -0.05) is 48.5 Å². The van der Waals surface area contributed by atoms with Gasteiger partial charge in [0.25, 0.3) is 0 Å². The minimum Gasteiger partial charge on any atom is -0.342 e. The first-order valence-electron chi connectivity index (χ1n) is 8.81. The number of benzene rings is 2. The molecule has 1 fully saturated rings. The summed E-state index contributed by atoms with van der Waals surface area (Å²) in [5.74, 6) is 0.175. The minimum atomic E-state index is -0.0274. The van der Waals surface area contributed by atoms with Crippen LogP contribution < -0.4 is 5.32 Å². The highest BCUT2D eigenvalue weighted by molar-refractivity contribution is 5.93. The van der Waals surface area contributed by atoms with Crippen LogP contribution in [0.3, 0.4) is 0 Å². The van der Waals surface area contributed by atoms with Gasteiger partial charge in [0.05, 0.1) is 6.42 Å². The predicted octanol–water partition coefficient (Wildman–Crippen LogP) is 3.41. The van der Waals surface area contributed by atoms with Gasteiger partial charge in [0.2, 0.25) is 11.8 Å². The number of hydrogen-bond donors (Lipinski definition) is 1. The molecule has 2 aromatic rings. The molecule has 1 N–H and O–H groups in total. The number of rotatable bonds is 4. The van der Waals surface area contributed by atoms with Crippen molar-refractivity contribution in [3.63, 3.8) is 0 Å². The molecule has 3 rings (SSSR count). The van der Waals surface area contributed by atoms with Crippen LogP contribution in [-0.4, -0.2) is 29.8 Å². The molecule has 2 amide bonds. The molecular weight excluding hydrogens is 312 g/mol. The topological polar surface area (TPSA) is 49.4 Å². The lowest BCUT2D eigenvalue weighted by molar-refractivity contribution is -0.133. The number of aryl methyl sites for hydroxylation is 1. The molecule has 0 bridgehead atoms. The first-order valence-corrected chi connectivity index (χ1v) is 8.81. The number of likely N-dealkylation sites (tertiary alicyclic amines) is 1. The first-order chi connectivity index (χ1) is 12.1. The summed E-state index contributed by atoms with van der Waals surface area (Å²) in [6.07, 6.45) is 1.87. The number of nitrogens with one attached hydrogen (secondary N) is 1. The van der Waals surface area contributed by atoms with Crippen molar-refractivity contribution in [2.75, 3.05) is 18.4 Å². The van der Waals surface area contributed by atoms with E-state index < -0.39 is 0 Å². The lowest BCUT2D eigenvalue weighted by Gasteiger charge is -2.31. The van der Waals surface area contributed by atoms with Crippen molar-refractivity contribution in [3.8, 4) is 0 Å². The van der Waals surface area contributed by atoms with E-state index in [9.17, 15) is 9.59 Å². The summed E-state index contributed by atoms with van der Waals surface area (Å²) in [5.41, 5.74) is 2.97. The number of carbonyl (C=O) groups is 2. The van der Waals surface area contributed by atoms with E-state index in [1.165, 1.54) is 0 Å². The molecule has 1 saturated heterocycles. The molecule has 0 atom stereocenters. The van der Waals surface area contributed by atoms with Crippen molar-refractivity contribution >= 4 is 17.5 Å². The molecule has 0 saturated carbocycles. The second kappa shape index (κ2) is 7.97. The molecule has 130 valence electrons. The van der Waals surface area contributed by atoms with Gasteiger partial charge >= 0.3 is 0 Å². The Balaban J connectivity index is 1.50. The summed E-state index contributed by atoms with van der Waals surface area (Å²) in [6, 6.07) is 17.6. The summed E-state index contributed by atoms with van der Waals surface area (Å²) in [4.78, 5) is 26.8. The van der Waals surface area contributed by atoms with Crippen molar-refractivity contribution in [1.29, 1.82) is 0 Å². The van der Waals surface area contributed by atoms with Crippen molar-refractivity contribution < 1.29 is 9.59 Å². The molecule has 2 aromatic carbocycles. The Labute approximate surface area is 148 Å². The van der Waals surface area contributed by atoms with Crippen LogP contribution in [0.2, 0.25) is 0 Å². The zero-order valence-corrected chi connectivity index (χ0v) is 14.6. The highest BCUT2D eigenvalue weighted by atomic mass is 16.2. The zero-order valence-electron chi connectivity index (χ0n) is 14.6. The Morgan fingerprint density at radius 1 is 1.00 bits per heavy atom. The van der Waals surface area contributed by atoms with E-state index >= 15 is 0 Å². The van der Waals surface area contributed by atoms with Gasteiger partial charge in [-0.25, -0.2) is 0 Å². The number of hydrogen-bond acceptors (Lipinski definition) is 2. The molecule has 4 heteroatoms. The monoisotopic (exact) mass is 336 g/mol. The van der Waals surface area contributed by atoms with Crippen LogP contribution in [0.5, 0.6) is 0 Å². The van der Waals surface area contributed by atoms with Gasteiger partial charge in [0.15, 0.2) is 0 Å². The molecule has 0 spiro atoms. The number of amides is 2. The van der Waals surface area contributed by atoms with Gasteiger partial charge in [-0.15, -0.1) is 0 Å². The Kier molecular flexibility index (Phi) is 5.49. The van der Waals surface area contributed by atoms with Gasteiger partial charge in [0, 0.05) is 24.7 Å². The number of para-hydroxylation sites is 1. The van der Waals surface area contributed by atoms with E-state index in [1.807, 2.05) is 66.4 Å². The number of nitrogens with zero attached hydrogens (tertiary/aromatic N) is 1. The normalized spacial score (nSPS) is 15.0. The molecule has 0 unspecified atom stereocenters. The molecule has 4 nitrogen and oxygen atoms in total. The largest absolute Gasteiger partial charge is 0.342 e. The van der Waals surface area contributed by atoms with Gasteiger partial charge in [-0.05, 0) is 37.0 Å². The number of piperidine rings is 1.